The molecule has 0 atom stereocenters. The fraction of sp³-hybridized carbons (Fsp3) is 0. The molecule has 6 aromatic rings. The Kier molecular flexibility index (Phi) is 4.44. The van der Waals surface area contributed by atoms with Crippen molar-refractivity contribution in [2.75, 3.05) is 11.5 Å². The summed E-state index contributed by atoms with van der Waals surface area (Å²) in [6.07, 6.45) is 0. The minimum atomic E-state index is -0.0856. The van der Waals surface area contributed by atoms with E-state index in [-0.39, 0.29) is 23.0 Å². The van der Waals surface area contributed by atoms with E-state index in [1.165, 1.54) is 0 Å². The van der Waals surface area contributed by atoms with Crippen molar-refractivity contribution in [3.05, 3.63) is 119 Å². The maximum Gasteiger partial charge on any atom is 0.212 e. The molecule has 190 valence electrons. The molecule has 6 heteroatoms. The normalized spacial score (nSPS) is 12.8. The van der Waals surface area contributed by atoms with Crippen LogP contribution < -0.4 is 21.2 Å². The molecule has 6 aromatic carbocycles. The third kappa shape index (κ3) is 2.82. The van der Waals surface area contributed by atoms with Crippen LogP contribution in [0.15, 0.2) is 97.1 Å². The van der Waals surface area contributed by atoms with Crippen molar-refractivity contribution in [3.8, 4) is 33.8 Å². The molecule has 0 heterocycles. The molecule has 8 rings (SSSR count). The van der Waals surface area contributed by atoms with Gasteiger partial charge in [0.25, 0.3) is 0 Å². The highest BCUT2D eigenvalue weighted by Gasteiger charge is 2.32. The highest BCUT2D eigenvalue weighted by atomic mass is 17.2. The van der Waals surface area contributed by atoms with Crippen LogP contribution in [0.2, 0.25) is 0 Å². The predicted octanol–water partition coefficient (Wildman–Crippen LogP) is 6.95. The molecule has 0 aliphatic heterocycles. The van der Waals surface area contributed by atoms with Gasteiger partial charge in [-0.2, -0.15) is 0 Å². The van der Waals surface area contributed by atoms with Crippen molar-refractivity contribution in [1.29, 1.82) is 0 Å². The Morgan fingerprint density at radius 2 is 1.05 bits per heavy atom. The lowest BCUT2D eigenvalue weighted by molar-refractivity contribution is -0.0977. The lowest BCUT2D eigenvalue weighted by atomic mass is 9.81. The molecule has 6 nitrogen and oxygen atoms in total. The van der Waals surface area contributed by atoms with E-state index in [0.717, 1.165) is 21.9 Å². The molecule has 0 saturated heterocycles. The van der Waals surface area contributed by atoms with E-state index in [2.05, 4.69) is 0 Å². The highest BCUT2D eigenvalue weighted by molar-refractivity contribution is 6.29. The fourth-order valence-corrected chi connectivity index (χ4v) is 6.16. The van der Waals surface area contributed by atoms with Gasteiger partial charge in [0.1, 0.15) is 5.69 Å². The van der Waals surface area contributed by atoms with Crippen molar-refractivity contribution in [2.24, 2.45) is 0 Å². The zero-order valence-electron chi connectivity index (χ0n) is 21.0. The van der Waals surface area contributed by atoms with Crippen molar-refractivity contribution < 1.29 is 19.4 Å². The Bertz CT molecular complexity index is 2130. The Morgan fingerprint density at radius 1 is 0.475 bits per heavy atom. The van der Waals surface area contributed by atoms with Crippen LogP contribution >= 0.6 is 0 Å². The number of nitrogens with two attached hydrogens (primary N) is 2. The third-order valence-electron chi connectivity index (χ3n) is 7.96. The largest absolute Gasteiger partial charge is 0.396 e. The van der Waals surface area contributed by atoms with Gasteiger partial charge in [0.2, 0.25) is 5.75 Å². The minimum absolute atomic E-state index is 0.0310. The number of nitrogen functional groups attached to an aromatic ring is 2. The molecule has 0 fully saturated rings. The third-order valence-corrected chi connectivity index (χ3v) is 7.96. The van der Waals surface area contributed by atoms with Gasteiger partial charge in [0.05, 0.1) is 5.69 Å². The molecule has 0 saturated carbocycles. The first-order valence-electron chi connectivity index (χ1n) is 12.9. The first kappa shape index (κ1) is 22.4. The van der Waals surface area contributed by atoms with Gasteiger partial charge in [-0.25, -0.2) is 0 Å². The molecule has 40 heavy (non-hydrogen) atoms. The summed E-state index contributed by atoms with van der Waals surface area (Å²) < 4.78 is 0. The number of ketones is 2. The van der Waals surface area contributed by atoms with E-state index >= 15 is 0 Å². The lowest BCUT2D eigenvalue weighted by Gasteiger charge is -2.25. The number of rotatable bonds is 3. The minimum Gasteiger partial charge on any atom is -0.396 e. The number of hydrogen-bond donors (Lipinski definition) is 2. The lowest BCUT2D eigenvalue weighted by Crippen LogP contribution is -2.15. The molecule has 0 spiro atoms. The molecule has 0 amide bonds. The molecule has 2 aliphatic carbocycles. The maximum absolute atomic E-state index is 13.4. The molecular formula is C34H20N2O4. The zero-order valence-corrected chi connectivity index (χ0v) is 21.0. The summed E-state index contributed by atoms with van der Waals surface area (Å²) in [6.45, 7) is 0. The monoisotopic (exact) mass is 520 g/mol. The molecular weight excluding hydrogens is 500 g/mol. The average molecular weight is 521 g/mol. The molecule has 0 radical (unpaired) electrons. The summed E-state index contributed by atoms with van der Waals surface area (Å²) in [7, 11) is 0. The highest BCUT2D eigenvalue weighted by Crippen LogP contribution is 2.51. The summed E-state index contributed by atoms with van der Waals surface area (Å²) in [5.41, 5.74) is 18.8. The first-order chi connectivity index (χ1) is 19.5. The summed E-state index contributed by atoms with van der Waals surface area (Å²) in [5.74, 6) is 0.547. The second kappa shape index (κ2) is 7.94. The summed E-state index contributed by atoms with van der Waals surface area (Å²) in [4.78, 5) is 38.9. The number of carbonyl (C=O) groups excluding carboxylic acids is 2. The number of anilines is 2. The van der Waals surface area contributed by atoms with Gasteiger partial charge in [-0.3, -0.25) is 19.4 Å². The van der Waals surface area contributed by atoms with E-state index in [0.29, 0.717) is 55.6 Å². The van der Waals surface area contributed by atoms with Gasteiger partial charge in [0.15, 0.2) is 17.3 Å². The molecule has 0 bridgehead atoms. The van der Waals surface area contributed by atoms with E-state index in [9.17, 15) is 9.59 Å². The fourth-order valence-electron chi connectivity index (χ4n) is 6.16. The Balaban J connectivity index is 1.36. The van der Waals surface area contributed by atoms with Crippen LogP contribution in [-0.2, 0) is 0 Å². The van der Waals surface area contributed by atoms with Crippen molar-refractivity contribution in [1.82, 2.24) is 0 Å². The number of hydrogen-bond acceptors (Lipinski definition) is 6. The van der Waals surface area contributed by atoms with Crippen LogP contribution in [0.5, 0.6) is 11.5 Å². The van der Waals surface area contributed by atoms with Gasteiger partial charge in [0, 0.05) is 49.5 Å². The van der Waals surface area contributed by atoms with Crippen LogP contribution in [0.4, 0.5) is 11.4 Å². The van der Waals surface area contributed by atoms with Crippen LogP contribution in [0.3, 0.4) is 0 Å². The van der Waals surface area contributed by atoms with E-state index in [1.54, 1.807) is 18.2 Å². The van der Waals surface area contributed by atoms with E-state index < -0.39 is 0 Å². The van der Waals surface area contributed by atoms with Crippen molar-refractivity contribution >= 4 is 44.5 Å². The Labute approximate surface area is 228 Å². The topological polar surface area (TPSA) is 105 Å². The molecule has 0 unspecified atom stereocenters. The van der Waals surface area contributed by atoms with Crippen LogP contribution in [0.1, 0.15) is 31.8 Å². The van der Waals surface area contributed by atoms with Gasteiger partial charge in [-0.15, -0.1) is 0 Å². The molecule has 0 aromatic heterocycles. The van der Waals surface area contributed by atoms with E-state index in [1.807, 2.05) is 78.9 Å². The van der Waals surface area contributed by atoms with Crippen molar-refractivity contribution in [3.63, 3.8) is 0 Å². The molecule has 2 aliphatic rings. The van der Waals surface area contributed by atoms with Gasteiger partial charge in [-0.1, -0.05) is 91.0 Å². The van der Waals surface area contributed by atoms with Crippen LogP contribution in [-0.4, -0.2) is 11.6 Å². The first-order valence-corrected chi connectivity index (χ1v) is 12.9. The summed E-state index contributed by atoms with van der Waals surface area (Å²) in [5, 5.41) is 3.08. The maximum atomic E-state index is 13.4. The number of benzene rings is 6. The second-order valence-electron chi connectivity index (χ2n) is 10.0. The summed E-state index contributed by atoms with van der Waals surface area (Å²) in [6, 6.07) is 29.7. The van der Waals surface area contributed by atoms with Crippen molar-refractivity contribution in [2.45, 2.75) is 0 Å². The van der Waals surface area contributed by atoms with Gasteiger partial charge >= 0.3 is 0 Å². The smallest absolute Gasteiger partial charge is 0.212 e. The Hall–Kier alpha value is -5.62. The average Bonchev–Trinajstić information content (AvgIpc) is 3.00. The zero-order chi connectivity index (χ0) is 27.1. The van der Waals surface area contributed by atoms with Gasteiger partial charge in [-0.05, 0) is 22.6 Å². The van der Waals surface area contributed by atoms with Crippen LogP contribution in [0.25, 0.3) is 43.8 Å². The summed E-state index contributed by atoms with van der Waals surface area (Å²) >= 11 is 0. The number of fused-ring (bicyclic) bond motifs is 4. The SMILES string of the molecule is Nc1c(OOc2ccc3cccc4c3c2-c2ccccc2C4=O)c2c3c(cccc3c1N)C(=O)c1ccccc1-2. The second-order valence-corrected chi connectivity index (χ2v) is 10.0. The quantitative estimate of drug-likeness (QED) is 0.148. The van der Waals surface area contributed by atoms with Crippen LogP contribution in [0, 0.1) is 0 Å². The van der Waals surface area contributed by atoms with E-state index in [4.69, 9.17) is 21.2 Å². The number of carbonyl (C=O) groups is 2. The standard InChI is InChI=1S/C34H20N2O4/c35-30-22-12-6-14-24-27(22)29(19-9-2-4-11-21(19)33(24)38)34(31(30)36)40-39-25-16-15-17-7-5-13-23-26(17)28(25)18-8-1-3-10-20(18)32(23)37/h1-16H,35-36H2. The van der Waals surface area contributed by atoms with Gasteiger partial charge < -0.3 is 11.5 Å². The molecule has 4 N–H and O–H groups in total. The predicted molar refractivity (Wildman–Crippen MR) is 156 cm³/mol. The Morgan fingerprint density at radius 3 is 1.75 bits per heavy atom.